The summed E-state index contributed by atoms with van der Waals surface area (Å²) in [4.78, 5) is 11.1. The fourth-order valence-electron chi connectivity index (χ4n) is 0.933. The second-order valence-electron chi connectivity index (χ2n) is 2.83. The van der Waals surface area contributed by atoms with Crippen molar-refractivity contribution in [1.82, 2.24) is 9.69 Å². The van der Waals surface area contributed by atoms with Gasteiger partial charge < -0.3 is 16.4 Å². The summed E-state index contributed by atoms with van der Waals surface area (Å²) in [7, 11) is 0. The molecule has 4 N–H and O–H groups in total. The van der Waals surface area contributed by atoms with E-state index in [9.17, 15) is 4.79 Å². The Hall–Kier alpha value is -1.30. The van der Waals surface area contributed by atoms with Crippen LogP contribution in [0.25, 0.3) is 0 Å². The summed E-state index contributed by atoms with van der Waals surface area (Å²) in [5.41, 5.74) is 6.47. The summed E-state index contributed by atoms with van der Waals surface area (Å²) in [5, 5.41) is 6.53. The third-order valence-electron chi connectivity index (χ3n) is 1.74. The molecule has 1 rings (SSSR count). The molecule has 78 valence electrons. The zero-order chi connectivity index (χ0) is 10.6. The highest BCUT2D eigenvalue weighted by atomic mass is 32.1. The van der Waals surface area contributed by atoms with Gasteiger partial charge >= 0.3 is 0 Å². The molecule has 0 spiro atoms. The third-order valence-corrected chi connectivity index (χ3v) is 2.66. The third kappa shape index (κ3) is 2.59. The Kier molecular flexibility index (Phi) is 3.70. The van der Waals surface area contributed by atoms with E-state index in [0.29, 0.717) is 12.4 Å². The Morgan fingerprint density at radius 2 is 2.36 bits per heavy atom. The van der Waals surface area contributed by atoms with Gasteiger partial charge in [-0.15, -0.1) is 0 Å². The Labute approximate surface area is 86.9 Å². The summed E-state index contributed by atoms with van der Waals surface area (Å²) in [6.45, 7) is 4.66. The maximum atomic E-state index is 11.1. The summed E-state index contributed by atoms with van der Waals surface area (Å²) in [5.74, 6) is 0.493. The molecular formula is C8H14N4OS. The van der Waals surface area contributed by atoms with Crippen LogP contribution in [0.3, 0.4) is 0 Å². The average Bonchev–Trinajstić information content (AvgIpc) is 2.46. The van der Waals surface area contributed by atoms with Crippen molar-refractivity contribution in [2.45, 2.75) is 13.8 Å². The maximum Gasteiger partial charge on any atom is 0.239 e. The SMILES string of the molecule is CCNC(=O)CNc1snc(N)c1C. The Balaban J connectivity index is 2.46. The molecule has 0 aromatic carbocycles. The number of carbonyl (C=O) groups is 1. The normalized spacial score (nSPS) is 9.86. The van der Waals surface area contributed by atoms with E-state index in [1.165, 1.54) is 11.5 Å². The second kappa shape index (κ2) is 4.80. The summed E-state index contributed by atoms with van der Waals surface area (Å²) >= 11 is 1.27. The molecule has 1 heterocycles. The van der Waals surface area contributed by atoms with E-state index < -0.39 is 0 Å². The minimum absolute atomic E-state index is 0.0288. The van der Waals surface area contributed by atoms with E-state index >= 15 is 0 Å². The minimum Gasteiger partial charge on any atom is -0.383 e. The number of nitrogens with zero attached hydrogens (tertiary/aromatic N) is 1. The van der Waals surface area contributed by atoms with Gasteiger partial charge in [0.15, 0.2) is 0 Å². The van der Waals surface area contributed by atoms with Crippen molar-refractivity contribution < 1.29 is 4.79 Å². The topological polar surface area (TPSA) is 80.0 Å². The number of rotatable bonds is 4. The van der Waals surface area contributed by atoms with Crippen molar-refractivity contribution in [1.29, 1.82) is 0 Å². The first-order valence-corrected chi connectivity index (χ1v) is 5.14. The monoisotopic (exact) mass is 214 g/mol. The van der Waals surface area contributed by atoms with Gasteiger partial charge in [0.2, 0.25) is 5.91 Å². The lowest BCUT2D eigenvalue weighted by Crippen LogP contribution is -2.29. The van der Waals surface area contributed by atoms with Gasteiger partial charge in [-0.05, 0) is 25.4 Å². The van der Waals surface area contributed by atoms with Gasteiger partial charge in [0.1, 0.15) is 10.8 Å². The van der Waals surface area contributed by atoms with Crippen LogP contribution >= 0.6 is 11.5 Å². The number of nitrogens with one attached hydrogen (secondary N) is 2. The van der Waals surface area contributed by atoms with Gasteiger partial charge in [-0.2, -0.15) is 4.37 Å². The van der Waals surface area contributed by atoms with E-state index in [4.69, 9.17) is 5.73 Å². The molecule has 1 aromatic heterocycles. The van der Waals surface area contributed by atoms with Gasteiger partial charge in [-0.3, -0.25) is 4.79 Å². The molecule has 1 aromatic rings. The van der Waals surface area contributed by atoms with Crippen LogP contribution in [-0.2, 0) is 4.79 Å². The van der Waals surface area contributed by atoms with Crippen LogP contribution < -0.4 is 16.4 Å². The van der Waals surface area contributed by atoms with Crippen LogP contribution in [0.4, 0.5) is 10.8 Å². The highest BCUT2D eigenvalue weighted by Crippen LogP contribution is 2.24. The number of carbonyl (C=O) groups excluding carboxylic acids is 1. The van der Waals surface area contributed by atoms with E-state index in [0.717, 1.165) is 10.6 Å². The summed E-state index contributed by atoms with van der Waals surface area (Å²) in [6.07, 6.45) is 0. The molecular weight excluding hydrogens is 200 g/mol. The standard InChI is InChI=1S/C8H14N4OS/c1-3-10-6(13)4-11-8-5(2)7(9)12-14-8/h11H,3-4H2,1-2H3,(H2,9,12)(H,10,13). The number of aromatic nitrogens is 1. The quantitative estimate of drug-likeness (QED) is 0.685. The summed E-state index contributed by atoms with van der Waals surface area (Å²) < 4.78 is 3.97. The molecule has 0 radical (unpaired) electrons. The van der Waals surface area contributed by atoms with Crippen molar-refractivity contribution in [3.8, 4) is 0 Å². The van der Waals surface area contributed by atoms with Crippen LogP contribution in [0.5, 0.6) is 0 Å². The maximum absolute atomic E-state index is 11.1. The molecule has 1 amide bonds. The largest absolute Gasteiger partial charge is 0.383 e. The molecule has 0 saturated carbocycles. The van der Waals surface area contributed by atoms with Crippen LogP contribution in [-0.4, -0.2) is 23.4 Å². The fraction of sp³-hybridized carbons (Fsp3) is 0.500. The van der Waals surface area contributed by atoms with Crippen molar-refractivity contribution in [2.24, 2.45) is 0 Å². The molecule has 0 bridgehead atoms. The van der Waals surface area contributed by atoms with E-state index in [1.54, 1.807) is 0 Å². The molecule has 5 nitrogen and oxygen atoms in total. The zero-order valence-corrected chi connectivity index (χ0v) is 9.07. The van der Waals surface area contributed by atoms with Crippen LogP contribution in [0.2, 0.25) is 0 Å². The van der Waals surface area contributed by atoms with E-state index in [-0.39, 0.29) is 12.5 Å². The minimum atomic E-state index is -0.0288. The first-order valence-electron chi connectivity index (χ1n) is 4.37. The molecule has 0 aliphatic rings. The Bertz CT molecular complexity index is 323. The first-order chi connectivity index (χ1) is 6.65. The smallest absolute Gasteiger partial charge is 0.239 e. The molecule has 0 aliphatic carbocycles. The highest BCUT2D eigenvalue weighted by molar-refractivity contribution is 7.10. The molecule has 0 fully saturated rings. The second-order valence-corrected chi connectivity index (χ2v) is 3.60. The summed E-state index contributed by atoms with van der Waals surface area (Å²) in [6, 6.07) is 0. The predicted molar refractivity (Wildman–Crippen MR) is 58.4 cm³/mol. The van der Waals surface area contributed by atoms with Gasteiger partial charge in [-0.25, -0.2) is 0 Å². The molecule has 0 unspecified atom stereocenters. The Morgan fingerprint density at radius 3 is 2.86 bits per heavy atom. The number of nitrogens with two attached hydrogens (primary N) is 1. The van der Waals surface area contributed by atoms with Crippen molar-refractivity contribution in [2.75, 3.05) is 24.1 Å². The lowest BCUT2D eigenvalue weighted by Gasteiger charge is -2.04. The molecule has 6 heteroatoms. The number of amides is 1. The van der Waals surface area contributed by atoms with Gasteiger partial charge in [0.25, 0.3) is 0 Å². The van der Waals surface area contributed by atoms with Crippen LogP contribution in [0, 0.1) is 6.92 Å². The fourth-order valence-corrected chi connectivity index (χ4v) is 1.64. The molecule has 0 aliphatic heterocycles. The highest BCUT2D eigenvalue weighted by Gasteiger charge is 2.07. The Morgan fingerprint density at radius 1 is 1.64 bits per heavy atom. The van der Waals surface area contributed by atoms with Gasteiger partial charge in [0.05, 0.1) is 6.54 Å². The first kappa shape index (κ1) is 10.8. The molecule has 14 heavy (non-hydrogen) atoms. The number of hydrogen-bond donors (Lipinski definition) is 3. The predicted octanol–water partition coefficient (Wildman–Crippen LogP) is 0.582. The van der Waals surface area contributed by atoms with Crippen LogP contribution in [0.1, 0.15) is 12.5 Å². The molecule has 0 atom stereocenters. The number of hydrogen-bond acceptors (Lipinski definition) is 5. The van der Waals surface area contributed by atoms with Gasteiger partial charge in [-0.1, -0.05) is 0 Å². The van der Waals surface area contributed by atoms with E-state index in [1.807, 2.05) is 13.8 Å². The van der Waals surface area contributed by atoms with Crippen molar-refractivity contribution >= 4 is 28.3 Å². The van der Waals surface area contributed by atoms with Gasteiger partial charge in [0, 0.05) is 12.1 Å². The number of likely N-dealkylation sites (N-methyl/N-ethyl adjacent to an activating group) is 1. The lowest BCUT2D eigenvalue weighted by atomic mass is 10.3. The average molecular weight is 214 g/mol. The van der Waals surface area contributed by atoms with Crippen LogP contribution in [0.15, 0.2) is 0 Å². The van der Waals surface area contributed by atoms with E-state index in [2.05, 4.69) is 15.0 Å². The van der Waals surface area contributed by atoms with Crippen molar-refractivity contribution in [3.63, 3.8) is 0 Å². The molecule has 0 saturated heterocycles. The number of nitrogen functional groups attached to an aromatic ring is 1. The van der Waals surface area contributed by atoms with Crippen molar-refractivity contribution in [3.05, 3.63) is 5.56 Å². The lowest BCUT2D eigenvalue weighted by molar-refractivity contribution is -0.119. The zero-order valence-electron chi connectivity index (χ0n) is 8.26. The number of anilines is 2.